The van der Waals surface area contributed by atoms with E-state index in [9.17, 15) is 5.11 Å². The van der Waals surface area contributed by atoms with E-state index in [1.54, 1.807) is 6.20 Å². The number of hydrogen-bond donors (Lipinski definition) is 1. The summed E-state index contributed by atoms with van der Waals surface area (Å²) in [5.41, 5.74) is 1.21. The maximum absolute atomic E-state index is 9.46. The second-order valence-electron chi connectivity index (χ2n) is 3.92. The van der Waals surface area contributed by atoms with Gasteiger partial charge in [-0.25, -0.2) is 0 Å². The number of aliphatic hydroxyl groups is 1. The Morgan fingerprint density at radius 3 is 2.93 bits per heavy atom. The van der Waals surface area contributed by atoms with Crippen LogP contribution in [-0.4, -0.2) is 16.2 Å². The van der Waals surface area contributed by atoms with Crippen molar-refractivity contribution in [3.05, 3.63) is 30.1 Å². The van der Waals surface area contributed by atoms with Crippen molar-refractivity contribution >= 4 is 15.9 Å². The van der Waals surface area contributed by atoms with Crippen LogP contribution in [0.2, 0.25) is 0 Å². The standard InChI is InChI=1S/C11H14BrNO/c12-11(8-3-4-10(14)6-8)9-2-1-5-13-7-9/h1-2,5,7-8,10-11,14H,3-4,6H2. The second-order valence-corrected chi connectivity index (χ2v) is 4.90. The molecule has 0 amide bonds. The van der Waals surface area contributed by atoms with Gasteiger partial charge in [-0.1, -0.05) is 22.0 Å². The molecular weight excluding hydrogens is 242 g/mol. The van der Waals surface area contributed by atoms with Crippen molar-refractivity contribution in [2.75, 3.05) is 0 Å². The predicted octanol–water partition coefficient (Wildman–Crippen LogP) is 2.68. The number of aromatic nitrogens is 1. The Bertz CT molecular complexity index is 291. The summed E-state index contributed by atoms with van der Waals surface area (Å²) in [6.07, 6.45) is 6.53. The van der Waals surface area contributed by atoms with Crippen LogP contribution in [0.25, 0.3) is 0 Å². The summed E-state index contributed by atoms with van der Waals surface area (Å²) in [4.78, 5) is 4.44. The first kappa shape index (κ1) is 10.1. The zero-order valence-electron chi connectivity index (χ0n) is 7.94. The number of hydrogen-bond acceptors (Lipinski definition) is 2. The molecule has 1 fully saturated rings. The zero-order chi connectivity index (χ0) is 9.97. The summed E-state index contributed by atoms with van der Waals surface area (Å²) in [6.45, 7) is 0. The van der Waals surface area contributed by atoms with Crippen molar-refractivity contribution in [1.82, 2.24) is 4.98 Å². The fourth-order valence-corrected chi connectivity index (χ4v) is 2.82. The number of aliphatic hydroxyl groups excluding tert-OH is 1. The molecule has 76 valence electrons. The molecule has 1 aromatic heterocycles. The van der Waals surface area contributed by atoms with E-state index in [0.29, 0.717) is 10.7 Å². The molecule has 1 saturated carbocycles. The third-order valence-electron chi connectivity index (χ3n) is 2.86. The molecule has 14 heavy (non-hydrogen) atoms. The molecule has 1 N–H and O–H groups in total. The van der Waals surface area contributed by atoms with Crippen LogP contribution in [0.3, 0.4) is 0 Å². The quantitative estimate of drug-likeness (QED) is 0.825. The van der Waals surface area contributed by atoms with Gasteiger partial charge >= 0.3 is 0 Å². The summed E-state index contributed by atoms with van der Waals surface area (Å²) in [5.74, 6) is 0.550. The highest BCUT2D eigenvalue weighted by Crippen LogP contribution is 2.40. The van der Waals surface area contributed by atoms with Crippen molar-refractivity contribution < 1.29 is 5.11 Å². The van der Waals surface area contributed by atoms with Crippen LogP contribution in [0, 0.1) is 5.92 Å². The van der Waals surface area contributed by atoms with Crippen LogP contribution in [0.1, 0.15) is 29.7 Å². The number of pyridine rings is 1. The number of alkyl halides is 1. The minimum Gasteiger partial charge on any atom is -0.393 e. The molecule has 2 nitrogen and oxygen atoms in total. The van der Waals surface area contributed by atoms with E-state index < -0.39 is 0 Å². The van der Waals surface area contributed by atoms with Crippen LogP contribution in [0.5, 0.6) is 0 Å². The molecule has 1 aliphatic carbocycles. The first-order valence-corrected chi connectivity index (χ1v) is 5.91. The van der Waals surface area contributed by atoms with E-state index in [-0.39, 0.29) is 6.10 Å². The highest BCUT2D eigenvalue weighted by atomic mass is 79.9. The van der Waals surface area contributed by atoms with Gasteiger partial charge in [-0.2, -0.15) is 0 Å². The molecule has 0 spiro atoms. The van der Waals surface area contributed by atoms with Crippen molar-refractivity contribution in [2.45, 2.75) is 30.2 Å². The van der Waals surface area contributed by atoms with Crippen LogP contribution in [0.4, 0.5) is 0 Å². The largest absolute Gasteiger partial charge is 0.393 e. The SMILES string of the molecule is OC1CCC(C(Br)c2cccnc2)C1. The molecule has 3 atom stereocenters. The van der Waals surface area contributed by atoms with E-state index in [1.807, 2.05) is 12.3 Å². The fourth-order valence-electron chi connectivity index (χ4n) is 2.07. The average molecular weight is 256 g/mol. The summed E-state index contributed by atoms with van der Waals surface area (Å²) in [7, 11) is 0. The van der Waals surface area contributed by atoms with Gasteiger partial charge in [-0.05, 0) is 36.8 Å². The van der Waals surface area contributed by atoms with Crippen molar-refractivity contribution in [1.29, 1.82) is 0 Å². The molecule has 0 aliphatic heterocycles. The summed E-state index contributed by atoms with van der Waals surface area (Å²) in [5, 5.41) is 9.46. The number of nitrogens with zero attached hydrogens (tertiary/aromatic N) is 1. The highest BCUT2D eigenvalue weighted by Gasteiger charge is 2.29. The zero-order valence-corrected chi connectivity index (χ0v) is 9.52. The van der Waals surface area contributed by atoms with E-state index >= 15 is 0 Å². The van der Waals surface area contributed by atoms with Gasteiger partial charge in [0.1, 0.15) is 0 Å². The van der Waals surface area contributed by atoms with Crippen LogP contribution >= 0.6 is 15.9 Å². The Kier molecular flexibility index (Phi) is 3.19. The Hall–Kier alpha value is -0.410. The molecule has 0 bridgehead atoms. The predicted molar refractivity (Wildman–Crippen MR) is 59.3 cm³/mol. The van der Waals surface area contributed by atoms with E-state index in [0.717, 1.165) is 19.3 Å². The van der Waals surface area contributed by atoms with Crippen molar-refractivity contribution in [3.63, 3.8) is 0 Å². The van der Waals surface area contributed by atoms with Crippen LogP contribution in [0.15, 0.2) is 24.5 Å². The Labute approximate surface area is 92.5 Å². The molecule has 3 unspecified atom stereocenters. The van der Waals surface area contributed by atoms with Crippen LogP contribution in [-0.2, 0) is 0 Å². The topological polar surface area (TPSA) is 33.1 Å². The van der Waals surface area contributed by atoms with Gasteiger partial charge < -0.3 is 5.11 Å². The number of halogens is 1. The summed E-state index contributed by atoms with van der Waals surface area (Å²) in [6, 6.07) is 4.03. The molecule has 1 aromatic rings. The van der Waals surface area contributed by atoms with E-state index in [2.05, 4.69) is 27.0 Å². The minimum atomic E-state index is -0.100. The molecule has 3 heteroatoms. The maximum Gasteiger partial charge on any atom is 0.0543 e. The first-order valence-electron chi connectivity index (χ1n) is 4.99. The highest BCUT2D eigenvalue weighted by molar-refractivity contribution is 9.09. The molecule has 0 aromatic carbocycles. The van der Waals surface area contributed by atoms with E-state index in [4.69, 9.17) is 0 Å². The lowest BCUT2D eigenvalue weighted by Gasteiger charge is -2.16. The molecule has 1 heterocycles. The first-order chi connectivity index (χ1) is 6.77. The van der Waals surface area contributed by atoms with Gasteiger partial charge in [0.25, 0.3) is 0 Å². The summed E-state index contributed by atoms with van der Waals surface area (Å²) < 4.78 is 0. The minimum absolute atomic E-state index is 0.100. The summed E-state index contributed by atoms with van der Waals surface area (Å²) >= 11 is 3.69. The molecule has 1 aliphatic rings. The van der Waals surface area contributed by atoms with Crippen LogP contribution < -0.4 is 0 Å². The second kappa shape index (κ2) is 4.41. The Balaban J connectivity index is 2.05. The monoisotopic (exact) mass is 255 g/mol. The van der Waals surface area contributed by atoms with Gasteiger partial charge in [0.05, 0.1) is 6.10 Å². The third-order valence-corrected chi connectivity index (χ3v) is 4.14. The van der Waals surface area contributed by atoms with Crippen molar-refractivity contribution in [2.24, 2.45) is 5.92 Å². The van der Waals surface area contributed by atoms with Gasteiger partial charge in [-0.15, -0.1) is 0 Å². The Morgan fingerprint density at radius 1 is 1.50 bits per heavy atom. The molecule has 0 saturated heterocycles. The maximum atomic E-state index is 9.46. The van der Waals surface area contributed by atoms with Gasteiger partial charge in [0.2, 0.25) is 0 Å². The van der Waals surface area contributed by atoms with Crippen molar-refractivity contribution in [3.8, 4) is 0 Å². The van der Waals surface area contributed by atoms with Gasteiger partial charge in [0, 0.05) is 17.2 Å². The molecule has 0 radical (unpaired) electrons. The number of rotatable bonds is 2. The van der Waals surface area contributed by atoms with Gasteiger partial charge in [0.15, 0.2) is 0 Å². The molecular formula is C11H14BrNO. The third kappa shape index (κ3) is 2.15. The fraction of sp³-hybridized carbons (Fsp3) is 0.545. The normalized spacial score (nSPS) is 29.0. The Morgan fingerprint density at radius 2 is 2.36 bits per heavy atom. The van der Waals surface area contributed by atoms with Gasteiger partial charge in [-0.3, -0.25) is 4.98 Å². The lowest BCUT2D eigenvalue weighted by Crippen LogP contribution is -2.06. The molecule has 2 rings (SSSR count). The lowest BCUT2D eigenvalue weighted by atomic mass is 9.99. The lowest BCUT2D eigenvalue weighted by molar-refractivity contribution is 0.177. The average Bonchev–Trinajstić information content (AvgIpc) is 2.65. The smallest absolute Gasteiger partial charge is 0.0543 e. The van der Waals surface area contributed by atoms with E-state index in [1.165, 1.54) is 5.56 Å².